The fourth-order valence-corrected chi connectivity index (χ4v) is 4.18. The maximum atomic E-state index is 13.8. The highest BCUT2D eigenvalue weighted by atomic mass is 19.3. The van der Waals surface area contributed by atoms with Gasteiger partial charge < -0.3 is 10.0 Å². The number of aromatic nitrogens is 1. The Kier molecular flexibility index (Phi) is 4.63. The molecular formula is C18H21F2N3O2. The number of halogens is 2. The van der Waals surface area contributed by atoms with Crippen molar-refractivity contribution in [2.75, 3.05) is 6.54 Å². The maximum Gasteiger partial charge on any atom is 0.252 e. The van der Waals surface area contributed by atoms with E-state index in [1.807, 2.05) is 13.0 Å². The van der Waals surface area contributed by atoms with Crippen LogP contribution >= 0.6 is 0 Å². The largest absolute Gasteiger partial charge is 0.506 e. The van der Waals surface area contributed by atoms with Crippen molar-refractivity contribution in [1.29, 1.82) is 5.26 Å². The van der Waals surface area contributed by atoms with Crippen LogP contribution in [0, 0.1) is 22.7 Å². The molecule has 1 saturated heterocycles. The van der Waals surface area contributed by atoms with Crippen molar-refractivity contribution in [1.82, 2.24) is 9.88 Å². The minimum atomic E-state index is -2.70. The molecule has 1 amide bonds. The van der Waals surface area contributed by atoms with Crippen molar-refractivity contribution in [3.63, 3.8) is 0 Å². The van der Waals surface area contributed by atoms with E-state index in [9.17, 15) is 18.7 Å². The van der Waals surface area contributed by atoms with Crippen LogP contribution in [0.3, 0.4) is 0 Å². The molecule has 1 saturated carbocycles. The lowest BCUT2D eigenvalue weighted by Gasteiger charge is -2.35. The molecule has 0 radical (unpaired) electrons. The molecule has 2 atom stereocenters. The lowest BCUT2D eigenvalue weighted by atomic mass is 9.84. The second-order valence-electron chi connectivity index (χ2n) is 7.21. The SMILES string of the molecule is C[C@@H]1C[C@@H](c2cncc(C#N)c2O)N(C(=O)C2(C(F)F)CCCC2)C1. The number of nitrogens with zero attached hydrogens (tertiary/aromatic N) is 3. The van der Waals surface area contributed by atoms with Crippen LogP contribution in [0.5, 0.6) is 5.75 Å². The third-order valence-electron chi connectivity index (χ3n) is 5.54. The zero-order valence-electron chi connectivity index (χ0n) is 14.1. The van der Waals surface area contributed by atoms with E-state index in [4.69, 9.17) is 5.26 Å². The number of pyridine rings is 1. The average molecular weight is 349 g/mol. The molecule has 1 aromatic rings. The Morgan fingerprint density at radius 2 is 2.12 bits per heavy atom. The molecule has 2 fully saturated rings. The Bertz CT molecular complexity index is 711. The molecule has 1 aromatic heterocycles. The van der Waals surface area contributed by atoms with Crippen LogP contribution in [0.15, 0.2) is 12.4 Å². The fourth-order valence-electron chi connectivity index (χ4n) is 4.18. The zero-order chi connectivity index (χ0) is 18.2. The monoisotopic (exact) mass is 349 g/mol. The van der Waals surface area contributed by atoms with Gasteiger partial charge in [-0.3, -0.25) is 9.78 Å². The number of aromatic hydroxyl groups is 1. The third kappa shape index (κ3) is 2.84. The van der Waals surface area contributed by atoms with E-state index in [0.29, 0.717) is 31.4 Å². The van der Waals surface area contributed by atoms with Crippen molar-refractivity contribution in [3.05, 3.63) is 23.5 Å². The zero-order valence-corrected chi connectivity index (χ0v) is 14.1. The lowest BCUT2D eigenvalue weighted by molar-refractivity contribution is -0.153. The molecule has 0 aromatic carbocycles. The quantitative estimate of drug-likeness (QED) is 0.907. The fraction of sp³-hybridized carbons (Fsp3) is 0.611. The van der Waals surface area contributed by atoms with Gasteiger partial charge in [0.1, 0.15) is 22.8 Å². The van der Waals surface area contributed by atoms with E-state index < -0.39 is 23.8 Å². The summed E-state index contributed by atoms with van der Waals surface area (Å²) in [5.74, 6) is -0.627. The van der Waals surface area contributed by atoms with Gasteiger partial charge in [-0.1, -0.05) is 19.8 Å². The van der Waals surface area contributed by atoms with Crippen LogP contribution in [-0.4, -0.2) is 33.9 Å². The molecule has 1 aliphatic carbocycles. The summed E-state index contributed by atoms with van der Waals surface area (Å²) in [6.07, 6.45) is 2.17. The van der Waals surface area contributed by atoms with Crippen molar-refractivity contribution < 1.29 is 18.7 Å². The molecule has 134 valence electrons. The molecular weight excluding hydrogens is 328 g/mol. The van der Waals surface area contributed by atoms with E-state index in [1.165, 1.54) is 17.3 Å². The van der Waals surface area contributed by atoms with Gasteiger partial charge in [0.2, 0.25) is 5.91 Å². The Morgan fingerprint density at radius 3 is 2.72 bits per heavy atom. The van der Waals surface area contributed by atoms with Crippen LogP contribution in [0.1, 0.15) is 56.2 Å². The van der Waals surface area contributed by atoms with Gasteiger partial charge >= 0.3 is 0 Å². The molecule has 2 heterocycles. The van der Waals surface area contributed by atoms with Crippen LogP contribution in [-0.2, 0) is 4.79 Å². The summed E-state index contributed by atoms with van der Waals surface area (Å²) in [4.78, 5) is 18.5. The molecule has 2 aliphatic rings. The number of hydrogen-bond donors (Lipinski definition) is 1. The predicted octanol–water partition coefficient (Wildman–Crippen LogP) is 3.39. The summed E-state index contributed by atoms with van der Waals surface area (Å²) in [5, 5.41) is 19.4. The Hall–Kier alpha value is -2.23. The maximum absolute atomic E-state index is 13.8. The molecule has 0 unspecified atom stereocenters. The molecule has 0 spiro atoms. The van der Waals surface area contributed by atoms with Gasteiger partial charge in [-0.2, -0.15) is 5.26 Å². The first-order chi connectivity index (χ1) is 11.9. The Morgan fingerprint density at radius 1 is 1.44 bits per heavy atom. The molecule has 3 rings (SSSR count). The molecule has 25 heavy (non-hydrogen) atoms. The van der Waals surface area contributed by atoms with Gasteiger partial charge in [-0.25, -0.2) is 8.78 Å². The van der Waals surface area contributed by atoms with Crippen LogP contribution in [0.25, 0.3) is 0 Å². The van der Waals surface area contributed by atoms with Gasteiger partial charge in [-0.15, -0.1) is 0 Å². The summed E-state index contributed by atoms with van der Waals surface area (Å²) in [6.45, 7) is 2.32. The minimum absolute atomic E-state index is 0.0221. The van der Waals surface area contributed by atoms with Crippen molar-refractivity contribution in [2.24, 2.45) is 11.3 Å². The third-order valence-corrected chi connectivity index (χ3v) is 5.54. The molecule has 5 nitrogen and oxygen atoms in total. The van der Waals surface area contributed by atoms with Crippen molar-refractivity contribution >= 4 is 5.91 Å². The summed E-state index contributed by atoms with van der Waals surface area (Å²) >= 11 is 0. The van der Waals surface area contributed by atoms with Crippen molar-refractivity contribution in [3.8, 4) is 11.8 Å². The Labute approximate surface area is 145 Å². The van der Waals surface area contributed by atoms with Crippen LogP contribution in [0.2, 0.25) is 0 Å². The molecule has 0 bridgehead atoms. The lowest BCUT2D eigenvalue weighted by Crippen LogP contribution is -2.46. The molecule has 1 aliphatic heterocycles. The van der Waals surface area contributed by atoms with E-state index in [0.717, 1.165) is 0 Å². The van der Waals surface area contributed by atoms with Gasteiger partial charge in [0.15, 0.2) is 0 Å². The smallest absolute Gasteiger partial charge is 0.252 e. The van der Waals surface area contributed by atoms with E-state index in [1.54, 1.807) is 0 Å². The number of hydrogen-bond acceptors (Lipinski definition) is 4. The second-order valence-corrected chi connectivity index (χ2v) is 7.21. The normalized spacial score (nSPS) is 25.3. The Balaban J connectivity index is 1.98. The topological polar surface area (TPSA) is 77.2 Å². The van der Waals surface area contributed by atoms with Crippen LogP contribution in [0.4, 0.5) is 8.78 Å². The highest BCUT2D eigenvalue weighted by molar-refractivity contribution is 5.84. The van der Waals surface area contributed by atoms with Crippen molar-refractivity contribution in [2.45, 2.75) is 51.5 Å². The number of likely N-dealkylation sites (tertiary alicyclic amines) is 1. The number of rotatable bonds is 3. The standard InChI is InChI=1S/C18H21F2N3O2/c1-11-6-14(13-9-22-8-12(7-21)15(13)24)23(10-11)17(25)18(16(19)20)4-2-3-5-18/h8-9,11,14,16H,2-6,10H2,1H3,(H,22,24)/t11-,14+/m1/s1. The average Bonchev–Trinajstić information content (AvgIpc) is 3.22. The van der Waals surface area contributed by atoms with Gasteiger partial charge in [0, 0.05) is 24.5 Å². The number of alkyl halides is 2. The minimum Gasteiger partial charge on any atom is -0.506 e. The summed E-state index contributed by atoms with van der Waals surface area (Å²) in [6, 6.07) is 1.33. The van der Waals surface area contributed by atoms with Gasteiger partial charge in [0.25, 0.3) is 6.43 Å². The van der Waals surface area contributed by atoms with E-state index >= 15 is 0 Å². The first kappa shape index (κ1) is 17.6. The molecule has 1 N–H and O–H groups in total. The second kappa shape index (κ2) is 6.58. The van der Waals surface area contributed by atoms with E-state index in [-0.39, 0.29) is 30.1 Å². The van der Waals surface area contributed by atoms with Crippen LogP contribution < -0.4 is 0 Å². The predicted molar refractivity (Wildman–Crippen MR) is 85.8 cm³/mol. The summed E-state index contributed by atoms with van der Waals surface area (Å²) in [5.41, 5.74) is -1.23. The van der Waals surface area contributed by atoms with Gasteiger partial charge in [0.05, 0.1) is 6.04 Å². The van der Waals surface area contributed by atoms with E-state index in [2.05, 4.69) is 4.98 Å². The number of amides is 1. The molecule has 7 heteroatoms. The first-order valence-corrected chi connectivity index (χ1v) is 8.57. The first-order valence-electron chi connectivity index (χ1n) is 8.57. The summed E-state index contributed by atoms with van der Waals surface area (Å²) in [7, 11) is 0. The number of nitriles is 1. The number of carbonyl (C=O) groups excluding carboxylic acids is 1. The van der Waals surface area contributed by atoms with Gasteiger partial charge in [-0.05, 0) is 25.2 Å². The highest BCUT2D eigenvalue weighted by Crippen LogP contribution is 2.48. The summed E-state index contributed by atoms with van der Waals surface area (Å²) < 4.78 is 27.5. The number of carbonyl (C=O) groups is 1. The highest BCUT2D eigenvalue weighted by Gasteiger charge is 2.53.